The molecule has 72 valence electrons. The average Bonchev–Trinajstić information content (AvgIpc) is 1.97. The maximum atomic E-state index is 11.1. The van der Waals surface area contributed by atoms with Crippen LogP contribution in [0.15, 0.2) is 11.4 Å². The number of rotatable bonds is 3. The van der Waals surface area contributed by atoms with Gasteiger partial charge in [0.25, 0.3) is 0 Å². The third kappa shape index (κ3) is 2.79. The molecule has 0 aliphatic carbocycles. The van der Waals surface area contributed by atoms with E-state index in [0.717, 1.165) is 0 Å². The number of carbonyl (C=O) groups is 1. The fraction of sp³-hybridized carbons (Fsp3) is 0.556. The van der Waals surface area contributed by atoms with Gasteiger partial charge in [0, 0.05) is 35.1 Å². The van der Waals surface area contributed by atoms with E-state index in [1.54, 1.807) is 38.0 Å². The van der Waals surface area contributed by atoms with Gasteiger partial charge in [-0.25, -0.2) is 0 Å². The number of hydrogen-bond donors (Lipinski definition) is 0. The first-order chi connectivity index (χ1) is 5.91. The molecular formula is C9H15N3O. The van der Waals surface area contributed by atoms with Gasteiger partial charge in [-0.3, -0.25) is 4.79 Å². The highest BCUT2D eigenvalue weighted by molar-refractivity contribution is 5.97. The smallest absolute Gasteiger partial charge is 0.174 e. The highest BCUT2D eigenvalue weighted by Crippen LogP contribution is 2.09. The first-order valence-electron chi connectivity index (χ1n) is 3.91. The van der Waals surface area contributed by atoms with Gasteiger partial charge in [-0.05, 0) is 0 Å². The Labute approximate surface area is 79.0 Å². The molecule has 0 aliphatic heterocycles. The summed E-state index contributed by atoms with van der Waals surface area (Å²) >= 11 is 0. The zero-order valence-electron chi connectivity index (χ0n) is 8.75. The topological polar surface area (TPSA) is 47.3 Å². The number of carbonyl (C=O) groups excluding carboxylic acids is 1. The third-order valence-corrected chi connectivity index (χ3v) is 1.53. The van der Waals surface area contributed by atoms with Crippen LogP contribution in [0.1, 0.15) is 6.92 Å². The Morgan fingerprint density at radius 3 is 1.62 bits per heavy atom. The van der Waals surface area contributed by atoms with Gasteiger partial charge in [-0.2, -0.15) is 5.26 Å². The van der Waals surface area contributed by atoms with Gasteiger partial charge in [-0.15, -0.1) is 0 Å². The van der Waals surface area contributed by atoms with Gasteiger partial charge in [0.15, 0.2) is 5.78 Å². The molecule has 0 amide bonds. The van der Waals surface area contributed by atoms with Crippen LogP contribution in [0.3, 0.4) is 0 Å². The van der Waals surface area contributed by atoms with Gasteiger partial charge in [0.05, 0.1) is 0 Å². The lowest BCUT2D eigenvalue weighted by atomic mass is 10.2. The van der Waals surface area contributed by atoms with Crippen molar-refractivity contribution in [3.63, 3.8) is 0 Å². The first-order valence-corrected chi connectivity index (χ1v) is 3.91. The third-order valence-electron chi connectivity index (χ3n) is 1.53. The molecule has 0 saturated carbocycles. The summed E-state index contributed by atoms with van der Waals surface area (Å²) in [5, 5.41) is 8.78. The fourth-order valence-electron chi connectivity index (χ4n) is 1.13. The second-order valence-electron chi connectivity index (χ2n) is 3.16. The summed E-state index contributed by atoms with van der Waals surface area (Å²) in [6.07, 6.45) is 0. The molecule has 13 heavy (non-hydrogen) atoms. The quantitative estimate of drug-likeness (QED) is 0.468. The summed E-state index contributed by atoms with van der Waals surface area (Å²) in [5.41, 5.74) is 0.190. The van der Waals surface area contributed by atoms with Crippen LogP contribution in [-0.2, 0) is 4.79 Å². The van der Waals surface area contributed by atoms with Crippen LogP contribution < -0.4 is 0 Å². The maximum Gasteiger partial charge on any atom is 0.174 e. The summed E-state index contributed by atoms with van der Waals surface area (Å²) in [6, 6.07) is 1.91. The first kappa shape index (κ1) is 11.5. The molecule has 0 unspecified atom stereocenters. The molecule has 0 aromatic heterocycles. The van der Waals surface area contributed by atoms with Crippen molar-refractivity contribution in [1.29, 1.82) is 5.26 Å². The van der Waals surface area contributed by atoms with E-state index in [9.17, 15) is 4.79 Å². The van der Waals surface area contributed by atoms with Gasteiger partial charge in [0.2, 0.25) is 0 Å². The van der Waals surface area contributed by atoms with Crippen LogP contribution in [0, 0.1) is 11.3 Å². The molecule has 0 aromatic carbocycles. The molecule has 0 saturated heterocycles. The number of Topliss-reactive ketones (excluding diaryl/α,β-unsaturated/α-hetero) is 1. The van der Waals surface area contributed by atoms with E-state index < -0.39 is 0 Å². The van der Waals surface area contributed by atoms with E-state index >= 15 is 0 Å². The zero-order chi connectivity index (χ0) is 10.6. The number of hydrogen-bond acceptors (Lipinski definition) is 4. The Hall–Kier alpha value is -1.50. The molecule has 0 aliphatic rings. The second kappa shape index (κ2) is 4.51. The van der Waals surface area contributed by atoms with Crippen LogP contribution in [0.25, 0.3) is 0 Å². The Kier molecular flexibility index (Phi) is 3.99. The minimum absolute atomic E-state index is 0.190. The molecule has 0 spiro atoms. The predicted octanol–water partition coefficient (Wildman–Crippen LogP) is 0.434. The predicted molar refractivity (Wildman–Crippen MR) is 50.7 cm³/mol. The van der Waals surface area contributed by atoms with E-state index in [2.05, 4.69) is 0 Å². The van der Waals surface area contributed by atoms with Gasteiger partial charge < -0.3 is 9.80 Å². The van der Waals surface area contributed by atoms with Crippen molar-refractivity contribution in [1.82, 2.24) is 9.80 Å². The lowest BCUT2D eigenvalue weighted by molar-refractivity contribution is -0.113. The summed E-state index contributed by atoms with van der Waals surface area (Å²) in [5.74, 6) is 0.426. The summed E-state index contributed by atoms with van der Waals surface area (Å²) in [4.78, 5) is 14.6. The van der Waals surface area contributed by atoms with Crippen molar-refractivity contribution in [2.24, 2.45) is 0 Å². The Balaban J connectivity index is 5.30. The molecule has 4 nitrogen and oxygen atoms in total. The van der Waals surface area contributed by atoms with E-state index in [-0.39, 0.29) is 11.4 Å². The standard InChI is InChI=1S/C9H15N3O/c1-7(13)8(6-10)9(11(2)3)12(4)5/h1-5H3. The monoisotopic (exact) mass is 181 g/mol. The van der Waals surface area contributed by atoms with Crippen LogP contribution in [0.5, 0.6) is 0 Å². The molecule has 0 heterocycles. The largest absolute Gasteiger partial charge is 0.363 e. The van der Waals surface area contributed by atoms with Crippen LogP contribution in [0.2, 0.25) is 0 Å². The molecule has 0 bridgehead atoms. The van der Waals surface area contributed by atoms with Gasteiger partial charge in [-0.1, -0.05) is 0 Å². The van der Waals surface area contributed by atoms with Crippen LogP contribution in [0.4, 0.5) is 0 Å². The molecular weight excluding hydrogens is 166 g/mol. The molecule has 0 aromatic rings. The van der Waals surface area contributed by atoms with Crippen LogP contribution in [-0.4, -0.2) is 43.8 Å². The Morgan fingerprint density at radius 1 is 1.15 bits per heavy atom. The number of ketones is 1. The van der Waals surface area contributed by atoms with Crippen molar-refractivity contribution in [2.75, 3.05) is 28.2 Å². The zero-order valence-corrected chi connectivity index (χ0v) is 8.75. The molecule has 4 heteroatoms. The van der Waals surface area contributed by atoms with Crippen molar-refractivity contribution < 1.29 is 4.79 Å². The fourth-order valence-corrected chi connectivity index (χ4v) is 1.13. The van der Waals surface area contributed by atoms with Crippen molar-refractivity contribution >= 4 is 5.78 Å². The molecule has 0 radical (unpaired) electrons. The minimum Gasteiger partial charge on any atom is -0.363 e. The van der Waals surface area contributed by atoms with E-state index in [1.165, 1.54) is 6.92 Å². The number of nitriles is 1. The minimum atomic E-state index is -0.208. The highest BCUT2D eigenvalue weighted by Gasteiger charge is 2.14. The Bertz CT molecular complexity index is 261. The lowest BCUT2D eigenvalue weighted by Crippen LogP contribution is -2.27. The van der Waals surface area contributed by atoms with Crippen LogP contribution >= 0.6 is 0 Å². The molecule has 0 rings (SSSR count). The highest BCUT2D eigenvalue weighted by atomic mass is 16.1. The maximum absolute atomic E-state index is 11.1. The molecule has 0 atom stereocenters. The van der Waals surface area contributed by atoms with E-state index in [1.807, 2.05) is 6.07 Å². The second-order valence-corrected chi connectivity index (χ2v) is 3.16. The van der Waals surface area contributed by atoms with Crippen molar-refractivity contribution in [2.45, 2.75) is 6.92 Å². The van der Waals surface area contributed by atoms with Crippen molar-refractivity contribution in [3.8, 4) is 6.07 Å². The molecule has 0 N–H and O–H groups in total. The average molecular weight is 181 g/mol. The van der Waals surface area contributed by atoms with E-state index in [4.69, 9.17) is 5.26 Å². The normalized spacial score (nSPS) is 8.62. The summed E-state index contributed by atoms with van der Waals surface area (Å²) in [6.45, 7) is 1.39. The number of allylic oxidation sites excluding steroid dienone is 1. The lowest BCUT2D eigenvalue weighted by Gasteiger charge is -2.25. The van der Waals surface area contributed by atoms with E-state index in [0.29, 0.717) is 5.82 Å². The molecule has 0 fully saturated rings. The van der Waals surface area contributed by atoms with Crippen molar-refractivity contribution in [3.05, 3.63) is 11.4 Å². The summed E-state index contributed by atoms with van der Waals surface area (Å²) < 4.78 is 0. The van der Waals surface area contributed by atoms with Gasteiger partial charge in [0.1, 0.15) is 17.5 Å². The number of nitrogens with zero attached hydrogens (tertiary/aromatic N) is 3. The SMILES string of the molecule is CC(=O)C(C#N)=C(N(C)C)N(C)C. The van der Waals surface area contributed by atoms with Gasteiger partial charge >= 0.3 is 0 Å². The Morgan fingerprint density at radius 2 is 1.54 bits per heavy atom. The summed E-state index contributed by atoms with van der Waals surface area (Å²) in [7, 11) is 7.20.